The van der Waals surface area contributed by atoms with Gasteiger partial charge in [-0.3, -0.25) is 9.69 Å². The summed E-state index contributed by atoms with van der Waals surface area (Å²) in [6.45, 7) is 0. The van der Waals surface area contributed by atoms with Gasteiger partial charge in [0.15, 0.2) is 5.84 Å². The monoisotopic (exact) mass is 401 g/mol. The Morgan fingerprint density at radius 3 is 2.27 bits per heavy atom. The molecular formula is C24H20FN3O2. The third kappa shape index (κ3) is 3.67. The zero-order valence-corrected chi connectivity index (χ0v) is 16.6. The predicted molar refractivity (Wildman–Crippen MR) is 117 cm³/mol. The zero-order valence-electron chi connectivity index (χ0n) is 16.6. The molecule has 0 atom stereocenters. The maximum Gasteiger partial charge on any atom is 0.282 e. The molecule has 0 radical (unpaired) electrons. The first-order valence-corrected chi connectivity index (χ1v) is 9.40. The maximum absolute atomic E-state index is 14.5. The summed E-state index contributed by atoms with van der Waals surface area (Å²) < 4.78 is 14.5. The second-order valence-corrected chi connectivity index (χ2v) is 7.09. The van der Waals surface area contributed by atoms with Gasteiger partial charge in [0, 0.05) is 19.8 Å². The molecule has 3 aromatic carbocycles. The van der Waals surface area contributed by atoms with E-state index < -0.39 is 5.82 Å². The Labute approximate surface area is 174 Å². The highest BCUT2D eigenvalue weighted by molar-refractivity contribution is 6.33. The fraction of sp³-hybridized carbons (Fsp3) is 0.0833. The van der Waals surface area contributed by atoms with E-state index in [9.17, 15) is 14.3 Å². The van der Waals surface area contributed by atoms with Gasteiger partial charge >= 0.3 is 0 Å². The van der Waals surface area contributed by atoms with Crippen molar-refractivity contribution in [1.29, 1.82) is 0 Å². The lowest BCUT2D eigenvalue weighted by molar-refractivity contribution is -0.113. The van der Waals surface area contributed by atoms with Gasteiger partial charge in [-0.25, -0.2) is 9.38 Å². The van der Waals surface area contributed by atoms with Crippen LogP contribution in [0.3, 0.4) is 0 Å². The molecule has 1 N–H and O–H groups in total. The van der Waals surface area contributed by atoms with Crippen LogP contribution in [0.5, 0.6) is 5.75 Å². The molecule has 0 spiro atoms. The molecule has 3 aromatic rings. The number of anilines is 2. The standard InChI is InChI=1S/C24H20FN3O2/c1-27(2)17-9-7-16(8-10-17)15-22-24(30)28(18-11-13-19(29)14-12-18)23(26-22)20-5-3-4-6-21(20)25/h3-15,29H,1-2H3/b22-15+. The number of aliphatic imine (C=N–C) groups is 1. The highest BCUT2D eigenvalue weighted by Crippen LogP contribution is 2.30. The van der Waals surface area contributed by atoms with Crippen LogP contribution in [0.25, 0.3) is 6.08 Å². The summed E-state index contributed by atoms with van der Waals surface area (Å²) in [7, 11) is 3.91. The molecule has 4 rings (SSSR count). The van der Waals surface area contributed by atoms with Crippen molar-refractivity contribution in [2.75, 3.05) is 23.9 Å². The zero-order chi connectivity index (χ0) is 21.3. The van der Waals surface area contributed by atoms with Gasteiger partial charge in [0.25, 0.3) is 5.91 Å². The summed E-state index contributed by atoms with van der Waals surface area (Å²) in [5.74, 6) is -0.550. The summed E-state index contributed by atoms with van der Waals surface area (Å²) >= 11 is 0. The van der Waals surface area contributed by atoms with Crippen molar-refractivity contribution in [3.63, 3.8) is 0 Å². The first kappa shape index (κ1) is 19.4. The fourth-order valence-corrected chi connectivity index (χ4v) is 3.21. The summed E-state index contributed by atoms with van der Waals surface area (Å²) in [4.78, 5) is 21.0. The average molecular weight is 401 g/mol. The molecule has 0 aliphatic carbocycles. The smallest absolute Gasteiger partial charge is 0.282 e. The van der Waals surface area contributed by atoms with E-state index in [1.807, 2.05) is 43.3 Å². The number of hydrogen-bond acceptors (Lipinski definition) is 4. The first-order valence-electron chi connectivity index (χ1n) is 9.40. The van der Waals surface area contributed by atoms with Crippen molar-refractivity contribution < 1.29 is 14.3 Å². The van der Waals surface area contributed by atoms with Crippen LogP contribution in [0.4, 0.5) is 15.8 Å². The van der Waals surface area contributed by atoms with Gasteiger partial charge in [0.05, 0.1) is 11.3 Å². The Balaban J connectivity index is 1.79. The number of nitrogens with zero attached hydrogens (tertiary/aromatic N) is 3. The molecule has 30 heavy (non-hydrogen) atoms. The average Bonchev–Trinajstić information content (AvgIpc) is 3.05. The van der Waals surface area contributed by atoms with Gasteiger partial charge in [-0.15, -0.1) is 0 Å². The van der Waals surface area contributed by atoms with E-state index in [4.69, 9.17) is 0 Å². The minimum atomic E-state index is -0.468. The van der Waals surface area contributed by atoms with E-state index in [2.05, 4.69) is 4.99 Å². The van der Waals surface area contributed by atoms with Crippen molar-refractivity contribution in [2.45, 2.75) is 0 Å². The molecule has 0 fully saturated rings. The molecule has 0 aromatic heterocycles. The minimum absolute atomic E-state index is 0.0755. The Kier molecular flexibility index (Phi) is 5.06. The highest BCUT2D eigenvalue weighted by Gasteiger charge is 2.33. The molecule has 1 amide bonds. The maximum atomic E-state index is 14.5. The van der Waals surface area contributed by atoms with Crippen LogP contribution in [0.15, 0.2) is 83.5 Å². The summed E-state index contributed by atoms with van der Waals surface area (Å²) in [5.41, 5.74) is 2.78. The molecule has 1 aliphatic heterocycles. The number of carbonyl (C=O) groups excluding carboxylic acids is 1. The van der Waals surface area contributed by atoms with Crippen LogP contribution < -0.4 is 9.80 Å². The lowest BCUT2D eigenvalue weighted by atomic mass is 10.1. The van der Waals surface area contributed by atoms with E-state index in [0.29, 0.717) is 5.69 Å². The predicted octanol–water partition coefficient (Wildman–Crippen LogP) is 4.43. The quantitative estimate of drug-likeness (QED) is 0.658. The number of aromatic hydroxyl groups is 1. The van der Waals surface area contributed by atoms with Crippen molar-refractivity contribution in [3.8, 4) is 5.75 Å². The topological polar surface area (TPSA) is 56.1 Å². The van der Waals surface area contributed by atoms with E-state index in [-0.39, 0.29) is 28.8 Å². The Hall–Kier alpha value is -3.93. The fourth-order valence-electron chi connectivity index (χ4n) is 3.21. The Morgan fingerprint density at radius 2 is 1.63 bits per heavy atom. The SMILES string of the molecule is CN(C)c1ccc(/C=C2/N=C(c3ccccc3F)N(c3ccc(O)cc3)C2=O)cc1. The number of amides is 1. The molecular weight excluding hydrogens is 381 g/mol. The molecule has 1 aliphatic rings. The lowest BCUT2D eigenvalue weighted by Crippen LogP contribution is -2.33. The Bertz CT molecular complexity index is 1150. The van der Waals surface area contributed by atoms with Gasteiger partial charge in [-0.2, -0.15) is 0 Å². The van der Waals surface area contributed by atoms with Gasteiger partial charge in [0.1, 0.15) is 17.3 Å². The van der Waals surface area contributed by atoms with E-state index >= 15 is 0 Å². The van der Waals surface area contributed by atoms with Crippen LogP contribution in [0, 0.1) is 5.82 Å². The number of rotatable bonds is 4. The van der Waals surface area contributed by atoms with Crippen molar-refractivity contribution in [2.24, 2.45) is 4.99 Å². The van der Waals surface area contributed by atoms with Gasteiger partial charge in [-0.05, 0) is 60.2 Å². The van der Waals surface area contributed by atoms with Gasteiger partial charge < -0.3 is 10.0 Å². The van der Waals surface area contributed by atoms with E-state index in [0.717, 1.165) is 11.3 Å². The van der Waals surface area contributed by atoms with E-state index in [1.54, 1.807) is 36.4 Å². The molecule has 1 heterocycles. The number of carbonyl (C=O) groups is 1. The molecule has 5 nitrogen and oxygen atoms in total. The number of phenolic OH excluding ortho intramolecular Hbond substituents is 1. The van der Waals surface area contributed by atoms with Gasteiger partial charge in [0.2, 0.25) is 0 Å². The number of phenols is 1. The largest absolute Gasteiger partial charge is 0.508 e. The second kappa shape index (κ2) is 7.83. The lowest BCUT2D eigenvalue weighted by Gasteiger charge is -2.18. The van der Waals surface area contributed by atoms with Crippen molar-refractivity contribution >= 4 is 29.2 Å². The number of hydrogen-bond donors (Lipinski definition) is 1. The number of benzene rings is 3. The summed E-state index contributed by atoms with van der Waals surface area (Å²) in [6, 6.07) is 20.0. The van der Waals surface area contributed by atoms with Crippen LogP contribution in [0.1, 0.15) is 11.1 Å². The van der Waals surface area contributed by atoms with Crippen LogP contribution in [0.2, 0.25) is 0 Å². The van der Waals surface area contributed by atoms with Gasteiger partial charge in [-0.1, -0.05) is 24.3 Å². The van der Waals surface area contributed by atoms with Crippen LogP contribution >= 0.6 is 0 Å². The summed E-state index contributed by atoms with van der Waals surface area (Å²) in [6.07, 6.45) is 1.68. The normalized spacial score (nSPS) is 14.9. The van der Waals surface area contributed by atoms with Crippen LogP contribution in [-0.4, -0.2) is 30.9 Å². The van der Waals surface area contributed by atoms with Crippen LogP contribution in [-0.2, 0) is 4.79 Å². The molecule has 0 saturated heterocycles. The van der Waals surface area contributed by atoms with Crippen molar-refractivity contribution in [1.82, 2.24) is 0 Å². The third-order valence-corrected chi connectivity index (χ3v) is 4.80. The number of halogens is 1. The molecule has 0 unspecified atom stereocenters. The summed E-state index contributed by atoms with van der Waals surface area (Å²) in [5, 5.41) is 9.59. The van der Waals surface area contributed by atoms with E-state index in [1.165, 1.54) is 23.1 Å². The minimum Gasteiger partial charge on any atom is -0.508 e. The Morgan fingerprint density at radius 1 is 0.967 bits per heavy atom. The third-order valence-electron chi connectivity index (χ3n) is 4.80. The molecule has 0 saturated carbocycles. The molecule has 6 heteroatoms. The second-order valence-electron chi connectivity index (χ2n) is 7.09. The van der Waals surface area contributed by atoms with Crippen molar-refractivity contribution in [3.05, 3.63) is 95.4 Å². The first-order chi connectivity index (χ1) is 14.4. The molecule has 150 valence electrons. The number of amidine groups is 1. The molecule has 0 bridgehead atoms. The highest BCUT2D eigenvalue weighted by atomic mass is 19.1.